The van der Waals surface area contributed by atoms with Gasteiger partial charge in [0.25, 0.3) is 0 Å². The van der Waals surface area contributed by atoms with Crippen LogP contribution in [-0.4, -0.2) is 0 Å². The van der Waals surface area contributed by atoms with Gasteiger partial charge in [-0.3, -0.25) is 0 Å². The van der Waals surface area contributed by atoms with E-state index in [1.165, 1.54) is 0 Å². The van der Waals surface area contributed by atoms with Crippen molar-refractivity contribution < 1.29 is 97.5 Å². The summed E-state index contributed by atoms with van der Waals surface area (Å²) in [6.07, 6.45) is 0. The minimum absolute atomic E-state index is 0. The van der Waals surface area contributed by atoms with E-state index in [1.807, 2.05) is 0 Å². The summed E-state index contributed by atoms with van der Waals surface area (Å²) >= 11 is -1.25. The third-order valence-electron chi connectivity index (χ3n) is 0. The molecule has 0 aliphatic rings. The summed E-state index contributed by atoms with van der Waals surface area (Å²) < 4.78 is 49.4. The van der Waals surface area contributed by atoms with Gasteiger partial charge in [-0.05, 0) is 0 Å². The summed E-state index contributed by atoms with van der Waals surface area (Å²) in [7, 11) is 0. The van der Waals surface area contributed by atoms with Gasteiger partial charge in [0.15, 0.2) is 0 Å². The monoisotopic (exact) mass is 340 g/mol. The first-order valence-electron chi connectivity index (χ1n) is 0.926. The Kier molecular flexibility index (Phi) is 102. The molecule has 0 heterocycles. The standard InChI is InChI=1S/3ClO2.La/c3*2-1-3;/q3*-1;+3. The van der Waals surface area contributed by atoms with Crippen LogP contribution in [0, 0.1) is 69.6 Å². The molecule has 0 amide bonds. The Morgan fingerprint density at radius 2 is 0.500 bits per heavy atom. The molecular weight excluding hydrogens is 341 g/mol. The minimum atomic E-state index is -0.417. The quantitative estimate of drug-likeness (QED) is 0.429. The van der Waals surface area contributed by atoms with Gasteiger partial charge in [-0.25, -0.2) is 0 Å². The Labute approximate surface area is 96.7 Å². The van der Waals surface area contributed by atoms with Crippen LogP contribution in [0.3, 0.4) is 0 Å². The number of hydrogen-bond donors (Lipinski definition) is 0. The van der Waals surface area contributed by atoms with Crippen LogP contribution in [0.25, 0.3) is 0 Å². The normalized spacial score (nSPS) is 5.40. The molecule has 0 aliphatic carbocycles. The Balaban J connectivity index is -0.0000000257. The molecule has 0 saturated heterocycles. The largest absolute Gasteiger partial charge is 3.00 e. The van der Waals surface area contributed by atoms with E-state index in [1.54, 1.807) is 0 Å². The fourth-order valence-electron chi connectivity index (χ4n) is 0. The molecule has 0 fully saturated rings. The van der Waals surface area contributed by atoms with Gasteiger partial charge in [-0.1, -0.05) is 0 Å². The molecule has 0 N–H and O–H groups in total. The second-order valence-corrected chi connectivity index (χ2v) is 0.567. The zero-order chi connectivity index (χ0) is 8.12. The van der Waals surface area contributed by atoms with Crippen LogP contribution in [0.1, 0.15) is 0 Å². The van der Waals surface area contributed by atoms with Crippen molar-refractivity contribution in [1.82, 2.24) is 0 Å². The van der Waals surface area contributed by atoms with Gasteiger partial charge in [0.05, 0.1) is 34.0 Å². The van der Waals surface area contributed by atoms with Gasteiger partial charge in [-0.2, -0.15) is 0 Å². The zero-order valence-electron chi connectivity index (χ0n) is 4.16. The Morgan fingerprint density at radius 1 is 0.500 bits per heavy atom. The van der Waals surface area contributed by atoms with E-state index in [9.17, 15) is 0 Å². The molecule has 0 atom stereocenters. The Morgan fingerprint density at radius 3 is 0.500 bits per heavy atom. The molecule has 6 nitrogen and oxygen atoms in total. The third-order valence-corrected chi connectivity index (χ3v) is 0. The molecule has 0 aromatic rings. The van der Waals surface area contributed by atoms with Crippen LogP contribution in [0.5, 0.6) is 0 Å². The fraction of sp³-hybridized carbons (Fsp3) is 0. The first-order chi connectivity index (χ1) is 4.24. The average molecular weight is 341 g/mol. The maximum atomic E-state index is 8.24. The van der Waals surface area contributed by atoms with Crippen molar-refractivity contribution in [2.45, 2.75) is 0 Å². The molecular formula is Cl3LaO6. The van der Waals surface area contributed by atoms with Crippen molar-refractivity contribution in [3.63, 3.8) is 0 Å². The topological polar surface area (TPSA) is 138 Å². The van der Waals surface area contributed by atoms with E-state index in [-0.39, 0.29) is 35.6 Å². The van der Waals surface area contributed by atoms with E-state index < -0.39 is 34.0 Å². The molecule has 0 aromatic carbocycles. The van der Waals surface area contributed by atoms with Crippen molar-refractivity contribution >= 4 is 0 Å². The van der Waals surface area contributed by atoms with Crippen molar-refractivity contribution in [1.29, 1.82) is 0 Å². The summed E-state index contributed by atoms with van der Waals surface area (Å²) in [6.45, 7) is 0. The molecule has 0 saturated carbocycles. The predicted molar refractivity (Wildman–Crippen MR) is 0 cm³/mol. The molecule has 10 heavy (non-hydrogen) atoms. The van der Waals surface area contributed by atoms with Gasteiger partial charge < -0.3 is 28.0 Å². The number of hydrogen-bond acceptors (Lipinski definition) is 6. The second-order valence-electron chi connectivity index (χ2n) is 0.189. The van der Waals surface area contributed by atoms with Gasteiger partial charge in [0.2, 0.25) is 0 Å². The molecule has 0 radical (unpaired) electrons. The maximum Gasteiger partial charge on any atom is 3.00 e. The predicted octanol–water partition coefficient (Wildman–Crippen LogP) is -7.13. The molecule has 60 valence electrons. The minimum Gasteiger partial charge on any atom is -0.544 e. The van der Waals surface area contributed by atoms with Crippen LogP contribution >= 0.6 is 0 Å². The first kappa shape index (κ1) is 22.6. The SMILES string of the molecule is [La+3].[O-][Cl+][O-].[O-][Cl+][O-].[O-][Cl+][O-]. The molecule has 0 aliphatic heterocycles. The smallest absolute Gasteiger partial charge is 0.544 e. The van der Waals surface area contributed by atoms with Crippen LogP contribution < -0.4 is 28.0 Å². The molecule has 0 rings (SSSR count). The van der Waals surface area contributed by atoms with Crippen molar-refractivity contribution in [2.24, 2.45) is 0 Å². The summed E-state index contributed by atoms with van der Waals surface area (Å²) in [6, 6.07) is 0. The molecule has 0 spiro atoms. The van der Waals surface area contributed by atoms with Crippen LogP contribution in [0.4, 0.5) is 0 Å². The summed E-state index contributed by atoms with van der Waals surface area (Å²) in [5, 5.41) is 0. The van der Waals surface area contributed by atoms with E-state index >= 15 is 0 Å². The average Bonchev–Trinajstić information content (AvgIpc) is 1.70. The van der Waals surface area contributed by atoms with Crippen LogP contribution in [-0.2, 0) is 0 Å². The maximum absolute atomic E-state index is 8.24. The molecule has 0 unspecified atom stereocenters. The van der Waals surface area contributed by atoms with E-state index in [2.05, 4.69) is 0 Å². The summed E-state index contributed by atoms with van der Waals surface area (Å²) in [5.74, 6) is 0. The number of rotatable bonds is 0. The Bertz CT molecular complexity index is 17.7. The van der Waals surface area contributed by atoms with Gasteiger partial charge in [0.1, 0.15) is 0 Å². The van der Waals surface area contributed by atoms with Gasteiger partial charge in [0, 0.05) is 0 Å². The molecule has 0 bridgehead atoms. The van der Waals surface area contributed by atoms with E-state index in [4.69, 9.17) is 28.0 Å². The molecule has 0 aromatic heterocycles. The van der Waals surface area contributed by atoms with Gasteiger partial charge >= 0.3 is 35.6 Å². The summed E-state index contributed by atoms with van der Waals surface area (Å²) in [5.41, 5.74) is 0. The van der Waals surface area contributed by atoms with Crippen molar-refractivity contribution in [2.75, 3.05) is 0 Å². The van der Waals surface area contributed by atoms with Crippen molar-refractivity contribution in [3.8, 4) is 0 Å². The summed E-state index contributed by atoms with van der Waals surface area (Å²) in [4.78, 5) is 0. The van der Waals surface area contributed by atoms with Crippen LogP contribution in [0.15, 0.2) is 0 Å². The first-order valence-corrected chi connectivity index (χ1v) is 2.78. The van der Waals surface area contributed by atoms with E-state index in [0.29, 0.717) is 0 Å². The van der Waals surface area contributed by atoms with Gasteiger partial charge in [-0.15, -0.1) is 0 Å². The second kappa shape index (κ2) is 44.9. The van der Waals surface area contributed by atoms with Crippen molar-refractivity contribution in [3.05, 3.63) is 0 Å². The fourth-order valence-corrected chi connectivity index (χ4v) is 0. The van der Waals surface area contributed by atoms with Crippen LogP contribution in [0.2, 0.25) is 0 Å². The van der Waals surface area contributed by atoms with E-state index in [0.717, 1.165) is 0 Å². The molecule has 10 heteroatoms. The Hall–Kier alpha value is 1.82. The third kappa shape index (κ3) is 230. The zero-order valence-corrected chi connectivity index (χ0v) is 10.1. The number of halogens is 3.